The fraction of sp³-hybridized carbons (Fsp3) is 0.200. The Labute approximate surface area is 102 Å². The zero-order valence-corrected chi connectivity index (χ0v) is 10.2. The van der Waals surface area contributed by atoms with Crippen LogP contribution in [0.1, 0.15) is 22.7 Å². The lowest BCUT2D eigenvalue weighted by Gasteiger charge is -2.16. The van der Waals surface area contributed by atoms with E-state index in [-0.39, 0.29) is 6.04 Å². The molecule has 0 saturated heterocycles. The number of ether oxygens (including phenoxy) is 1. The third-order valence-corrected chi connectivity index (χ3v) is 2.98. The van der Waals surface area contributed by atoms with Crippen LogP contribution in [0.4, 0.5) is 0 Å². The lowest BCUT2D eigenvalue weighted by atomic mass is 9.95. The van der Waals surface area contributed by atoms with Crippen molar-refractivity contribution < 1.29 is 4.74 Å². The number of benzene rings is 2. The predicted octanol–water partition coefficient (Wildman–Crippen LogP) is 3.05. The smallest absolute Gasteiger partial charge is 0.119 e. The minimum absolute atomic E-state index is 0.105. The number of rotatable bonds is 3. The Kier molecular flexibility index (Phi) is 3.45. The Morgan fingerprint density at radius 2 is 1.76 bits per heavy atom. The number of nitrogens with two attached hydrogens (primary N) is 1. The summed E-state index contributed by atoms with van der Waals surface area (Å²) in [5, 5.41) is 0. The predicted molar refractivity (Wildman–Crippen MR) is 70.2 cm³/mol. The molecule has 0 saturated carbocycles. The molecule has 0 aliphatic heterocycles. The molecule has 2 nitrogen and oxygen atoms in total. The largest absolute Gasteiger partial charge is 0.497 e. The number of hydrogen-bond acceptors (Lipinski definition) is 2. The summed E-state index contributed by atoms with van der Waals surface area (Å²) in [6, 6.07) is 16.0. The van der Waals surface area contributed by atoms with Gasteiger partial charge in [0.05, 0.1) is 13.2 Å². The molecule has 0 heterocycles. The standard InChI is InChI=1S/C15H17NO/c1-11-8-9-13(17-2)10-14(11)15(16)12-6-4-3-5-7-12/h3-10,15H,16H2,1-2H3. The normalized spacial score (nSPS) is 12.2. The van der Waals surface area contributed by atoms with Crippen molar-refractivity contribution in [2.24, 2.45) is 5.73 Å². The van der Waals surface area contributed by atoms with Crippen molar-refractivity contribution in [3.63, 3.8) is 0 Å². The van der Waals surface area contributed by atoms with Crippen LogP contribution < -0.4 is 10.5 Å². The first kappa shape index (κ1) is 11.7. The molecule has 0 radical (unpaired) electrons. The maximum atomic E-state index is 6.29. The van der Waals surface area contributed by atoms with E-state index in [1.807, 2.05) is 48.5 Å². The van der Waals surface area contributed by atoms with Crippen LogP contribution in [-0.4, -0.2) is 7.11 Å². The van der Waals surface area contributed by atoms with Gasteiger partial charge in [0, 0.05) is 0 Å². The molecular formula is C15H17NO. The van der Waals surface area contributed by atoms with Crippen LogP contribution in [0.3, 0.4) is 0 Å². The minimum Gasteiger partial charge on any atom is -0.497 e. The molecule has 0 aromatic heterocycles. The fourth-order valence-electron chi connectivity index (χ4n) is 1.92. The van der Waals surface area contributed by atoms with E-state index in [1.54, 1.807) is 7.11 Å². The molecule has 2 rings (SSSR count). The van der Waals surface area contributed by atoms with Crippen molar-refractivity contribution in [1.82, 2.24) is 0 Å². The van der Waals surface area contributed by atoms with E-state index >= 15 is 0 Å². The SMILES string of the molecule is COc1ccc(C)c(C(N)c2ccccc2)c1. The average Bonchev–Trinajstić information content (AvgIpc) is 2.39. The van der Waals surface area contributed by atoms with Crippen molar-refractivity contribution in [2.45, 2.75) is 13.0 Å². The van der Waals surface area contributed by atoms with Gasteiger partial charge in [0.2, 0.25) is 0 Å². The summed E-state index contributed by atoms with van der Waals surface area (Å²) in [6.45, 7) is 2.07. The monoisotopic (exact) mass is 227 g/mol. The second kappa shape index (κ2) is 5.02. The van der Waals surface area contributed by atoms with Crippen LogP contribution in [0.5, 0.6) is 5.75 Å². The van der Waals surface area contributed by atoms with E-state index in [0.717, 1.165) is 16.9 Å². The lowest BCUT2D eigenvalue weighted by Crippen LogP contribution is -2.13. The molecule has 0 amide bonds. The zero-order valence-electron chi connectivity index (χ0n) is 10.2. The van der Waals surface area contributed by atoms with Gasteiger partial charge in [0.1, 0.15) is 5.75 Å². The van der Waals surface area contributed by atoms with Gasteiger partial charge in [-0.25, -0.2) is 0 Å². The number of hydrogen-bond donors (Lipinski definition) is 1. The Balaban J connectivity index is 2.40. The molecule has 0 fully saturated rings. The molecule has 2 aromatic carbocycles. The van der Waals surface area contributed by atoms with Crippen LogP contribution in [-0.2, 0) is 0 Å². The van der Waals surface area contributed by atoms with Gasteiger partial charge in [0.25, 0.3) is 0 Å². The molecule has 88 valence electrons. The second-order valence-electron chi connectivity index (χ2n) is 4.11. The molecular weight excluding hydrogens is 210 g/mol. The first-order valence-corrected chi connectivity index (χ1v) is 5.67. The highest BCUT2D eigenvalue weighted by Gasteiger charge is 2.11. The summed E-state index contributed by atoms with van der Waals surface area (Å²) in [5.74, 6) is 0.844. The molecule has 2 heteroatoms. The molecule has 1 unspecified atom stereocenters. The van der Waals surface area contributed by atoms with Gasteiger partial charge in [-0.1, -0.05) is 36.4 Å². The summed E-state index contributed by atoms with van der Waals surface area (Å²) < 4.78 is 5.24. The van der Waals surface area contributed by atoms with Gasteiger partial charge in [0.15, 0.2) is 0 Å². The first-order valence-electron chi connectivity index (χ1n) is 5.67. The van der Waals surface area contributed by atoms with Crippen molar-refractivity contribution in [3.05, 3.63) is 65.2 Å². The summed E-state index contributed by atoms with van der Waals surface area (Å²) >= 11 is 0. The Morgan fingerprint density at radius 1 is 1.06 bits per heavy atom. The highest BCUT2D eigenvalue weighted by Crippen LogP contribution is 2.26. The molecule has 17 heavy (non-hydrogen) atoms. The maximum absolute atomic E-state index is 6.29. The lowest BCUT2D eigenvalue weighted by molar-refractivity contribution is 0.414. The third kappa shape index (κ3) is 2.48. The van der Waals surface area contributed by atoms with Gasteiger partial charge in [-0.2, -0.15) is 0 Å². The van der Waals surface area contributed by atoms with E-state index in [0.29, 0.717) is 0 Å². The zero-order chi connectivity index (χ0) is 12.3. The van der Waals surface area contributed by atoms with Crippen LogP contribution in [0.15, 0.2) is 48.5 Å². The van der Waals surface area contributed by atoms with E-state index in [9.17, 15) is 0 Å². The molecule has 2 N–H and O–H groups in total. The van der Waals surface area contributed by atoms with E-state index in [2.05, 4.69) is 6.92 Å². The van der Waals surface area contributed by atoms with E-state index in [4.69, 9.17) is 10.5 Å². The molecule has 2 aromatic rings. The van der Waals surface area contributed by atoms with Crippen LogP contribution in [0.2, 0.25) is 0 Å². The molecule has 0 spiro atoms. The Morgan fingerprint density at radius 3 is 2.41 bits per heavy atom. The van der Waals surface area contributed by atoms with Crippen molar-refractivity contribution in [3.8, 4) is 5.75 Å². The minimum atomic E-state index is -0.105. The average molecular weight is 227 g/mol. The molecule has 0 bridgehead atoms. The van der Waals surface area contributed by atoms with Crippen LogP contribution in [0, 0.1) is 6.92 Å². The Bertz CT molecular complexity index is 494. The van der Waals surface area contributed by atoms with Gasteiger partial charge in [-0.05, 0) is 35.7 Å². The van der Waals surface area contributed by atoms with Crippen LogP contribution in [0.25, 0.3) is 0 Å². The Hall–Kier alpha value is -1.80. The topological polar surface area (TPSA) is 35.2 Å². The van der Waals surface area contributed by atoms with Crippen molar-refractivity contribution in [2.75, 3.05) is 7.11 Å². The summed E-state index contributed by atoms with van der Waals surface area (Å²) in [5.41, 5.74) is 9.69. The molecule has 0 aliphatic carbocycles. The number of methoxy groups -OCH3 is 1. The fourth-order valence-corrected chi connectivity index (χ4v) is 1.92. The highest BCUT2D eigenvalue weighted by molar-refractivity contribution is 5.41. The molecule has 1 atom stereocenters. The maximum Gasteiger partial charge on any atom is 0.119 e. The summed E-state index contributed by atoms with van der Waals surface area (Å²) in [4.78, 5) is 0. The molecule has 0 aliphatic rings. The van der Waals surface area contributed by atoms with E-state index in [1.165, 1.54) is 5.56 Å². The van der Waals surface area contributed by atoms with Crippen LogP contribution >= 0.6 is 0 Å². The summed E-state index contributed by atoms with van der Waals surface area (Å²) in [6.07, 6.45) is 0. The van der Waals surface area contributed by atoms with Gasteiger partial charge in [-0.15, -0.1) is 0 Å². The quantitative estimate of drug-likeness (QED) is 0.874. The van der Waals surface area contributed by atoms with E-state index < -0.39 is 0 Å². The van der Waals surface area contributed by atoms with Gasteiger partial charge >= 0.3 is 0 Å². The van der Waals surface area contributed by atoms with Gasteiger partial charge in [-0.3, -0.25) is 0 Å². The van der Waals surface area contributed by atoms with Gasteiger partial charge < -0.3 is 10.5 Å². The highest BCUT2D eigenvalue weighted by atomic mass is 16.5. The second-order valence-corrected chi connectivity index (χ2v) is 4.11. The third-order valence-electron chi connectivity index (χ3n) is 2.98. The van der Waals surface area contributed by atoms with Crippen molar-refractivity contribution >= 4 is 0 Å². The summed E-state index contributed by atoms with van der Waals surface area (Å²) in [7, 11) is 1.67. The number of aryl methyl sites for hydroxylation is 1. The first-order chi connectivity index (χ1) is 8.22. The van der Waals surface area contributed by atoms with Crippen molar-refractivity contribution in [1.29, 1.82) is 0 Å².